The zero-order valence-electron chi connectivity index (χ0n) is 60.3. The summed E-state index contributed by atoms with van der Waals surface area (Å²) in [5.41, 5.74) is 4.23. The Hall–Kier alpha value is -9.48. The number of benzene rings is 15. The van der Waals surface area contributed by atoms with Crippen LogP contribution in [0.2, 0.25) is 0 Å². The second kappa shape index (κ2) is 34.9. The predicted molar refractivity (Wildman–Crippen MR) is 485 cm³/mol. The van der Waals surface area contributed by atoms with Gasteiger partial charge in [-0.15, -0.1) is 0 Å². The maximum atomic E-state index is 6.33. The van der Waals surface area contributed by atoms with Gasteiger partial charge in [0.25, 0.3) is 0 Å². The van der Waals surface area contributed by atoms with Crippen molar-refractivity contribution in [2.45, 2.75) is 117 Å². The van der Waals surface area contributed by atoms with Crippen LogP contribution in [-0.2, 0) is 0 Å². The number of H-pyrrole nitrogens is 2. The van der Waals surface area contributed by atoms with E-state index in [0.29, 0.717) is 34.2 Å². The van der Waals surface area contributed by atoms with Gasteiger partial charge in [-0.1, -0.05) is 360 Å². The van der Waals surface area contributed by atoms with Crippen molar-refractivity contribution >= 4 is 185 Å². The fraction of sp³-hybridized carbons (Fsp3) is 0. The second-order valence-electron chi connectivity index (χ2n) is 25.9. The largest absolute Gasteiger partial charge is 0.324 e. The number of aromatic amines is 2. The van der Waals surface area contributed by atoms with E-state index in [2.05, 4.69) is 374 Å². The Bertz CT molecular complexity index is 6160. The highest BCUT2D eigenvalue weighted by Crippen LogP contribution is 2.62. The summed E-state index contributed by atoms with van der Waals surface area (Å²) < 4.78 is 0. The van der Waals surface area contributed by atoms with Gasteiger partial charge in [-0.3, -0.25) is 0 Å². The van der Waals surface area contributed by atoms with Gasteiger partial charge in [0.1, 0.15) is 22.6 Å². The van der Waals surface area contributed by atoms with Crippen molar-refractivity contribution in [1.29, 1.82) is 0 Å². The predicted octanol–water partition coefficient (Wildman–Crippen LogP) is 31.1. The van der Waals surface area contributed by atoms with Gasteiger partial charge >= 0.3 is 0 Å². The van der Waals surface area contributed by atoms with E-state index in [4.69, 9.17) is 19.9 Å². The fourth-order valence-corrected chi connectivity index (χ4v) is 27.5. The molecule has 0 radical (unpaired) electrons. The van der Waals surface area contributed by atoms with Gasteiger partial charge in [0.05, 0.1) is 0 Å². The zero-order valence-corrected chi connectivity index (χ0v) is 70.1. The van der Waals surface area contributed by atoms with E-state index >= 15 is 0 Å². The second-order valence-corrected chi connectivity index (χ2v) is 38.9. The van der Waals surface area contributed by atoms with E-state index < -0.39 is 0 Å². The van der Waals surface area contributed by atoms with E-state index in [1.54, 1.807) is 141 Å². The van der Waals surface area contributed by atoms with Crippen LogP contribution in [0.25, 0.3) is 66.9 Å². The standard InChI is InChI=1S/C96H62N6S12/c1-13-37-61(38-14-1)103-79-73-74(80(104-62-39-15-2-16-40-62)86(110-68-51-27-8-28-52-68)85(79)109-67-49-25-7-26-50-67)92-97-91(73)100-93-75-76(82(106-64-43-19-4-20-44-64)88(112-70-55-31-10-32-56-70)87(111-69-53-29-9-30-54-69)81(75)105-63-41-17-3-18-42-63)95(98-93)102-96-78-77(94(99-96)101-92)83(107-65-45-21-5-22-46-65)89(113-71-57-33-11-34-58-71)90(114-72-59-35-12-36-60-72)84(78)108-66-47-23-6-24-48-66/h1-60H,(H2,97,98,99,100,101,102). The first-order chi connectivity index (χ1) is 56.5. The van der Waals surface area contributed by atoms with Crippen LogP contribution >= 0.6 is 141 Å². The normalized spacial score (nSPS) is 11.6. The van der Waals surface area contributed by atoms with Crippen LogP contribution in [0.4, 0.5) is 0 Å². The highest BCUT2D eigenvalue weighted by molar-refractivity contribution is 8.07. The zero-order chi connectivity index (χ0) is 75.9. The average Bonchev–Trinajstić information content (AvgIpc) is 1.53. The van der Waals surface area contributed by atoms with Gasteiger partial charge in [-0.2, -0.15) is 0 Å². The summed E-state index contributed by atoms with van der Waals surface area (Å²) in [6.45, 7) is 0. The van der Waals surface area contributed by atoms with E-state index in [-0.39, 0.29) is 0 Å². The van der Waals surface area contributed by atoms with Crippen molar-refractivity contribution < 1.29 is 0 Å². The third kappa shape index (κ3) is 16.3. The number of fused-ring (bicyclic) bond motifs is 15. The van der Waals surface area contributed by atoms with E-state index in [9.17, 15) is 0 Å². The monoisotopic (exact) mass is 1680 g/mol. The molecule has 6 bridgehead atoms. The van der Waals surface area contributed by atoms with Gasteiger partial charge in [0.15, 0.2) is 11.6 Å². The molecule has 4 heterocycles. The van der Waals surface area contributed by atoms with Crippen molar-refractivity contribution in [2.75, 3.05) is 0 Å². The molecule has 0 aliphatic carbocycles. The van der Waals surface area contributed by atoms with Crippen LogP contribution in [0, 0.1) is 0 Å². The van der Waals surface area contributed by atoms with Crippen LogP contribution < -0.4 is 0 Å². The molecule has 1 aliphatic heterocycles. The lowest BCUT2D eigenvalue weighted by Crippen LogP contribution is -1.97. The maximum absolute atomic E-state index is 6.33. The van der Waals surface area contributed by atoms with Crippen molar-refractivity contribution in [3.8, 4) is 22.8 Å². The average molecular weight is 1680 g/mol. The molecule has 0 spiro atoms. The number of aromatic nitrogens is 6. The molecule has 0 unspecified atom stereocenters. The van der Waals surface area contributed by atoms with Crippen molar-refractivity contribution in [2.24, 2.45) is 0 Å². The third-order valence-corrected chi connectivity index (χ3v) is 32.9. The van der Waals surface area contributed by atoms with Crippen molar-refractivity contribution in [1.82, 2.24) is 29.9 Å². The van der Waals surface area contributed by atoms with E-state index in [1.165, 1.54) is 0 Å². The molecule has 0 amide bonds. The van der Waals surface area contributed by atoms with E-state index in [0.717, 1.165) is 150 Å². The first kappa shape index (κ1) is 74.6. The Kier molecular flexibility index (Phi) is 22.9. The molecule has 0 saturated heterocycles. The summed E-state index contributed by atoms with van der Waals surface area (Å²) in [5.74, 6) is 1.03. The Labute approximate surface area is 712 Å². The number of hydrogen-bond acceptors (Lipinski definition) is 16. The maximum Gasteiger partial charge on any atom is 0.165 e. The lowest BCUT2D eigenvalue weighted by atomic mass is 10.1. The smallest absolute Gasteiger partial charge is 0.165 e. The summed E-state index contributed by atoms with van der Waals surface area (Å²) in [7, 11) is 0. The SMILES string of the molecule is c1ccc(Sc2c(Sc3ccccc3)c(Sc3ccccc3)c3c(c2Sc2ccccc2)-c2nc-3nc3[nH]c(nc4[nH]c(n2)c2c(Sc5ccccc5)c(Sc5ccccc5)c(Sc5ccccc5)c(Sc5ccccc5)c42)c2c(Sc4ccccc4)c(Sc4ccccc4)c(Sc4ccccc4)c(Sc4ccccc4)c32)cc1. The topological polar surface area (TPSA) is 83.1 Å². The Balaban J connectivity index is 1.07. The molecule has 19 rings (SSSR count). The third-order valence-electron chi connectivity index (χ3n) is 18.3. The lowest BCUT2D eigenvalue weighted by molar-refractivity contribution is 1.03. The van der Waals surface area contributed by atoms with Crippen LogP contribution in [-0.4, -0.2) is 29.9 Å². The van der Waals surface area contributed by atoms with Crippen LogP contribution in [0.5, 0.6) is 0 Å². The molecule has 548 valence electrons. The van der Waals surface area contributed by atoms with Crippen molar-refractivity contribution in [3.63, 3.8) is 0 Å². The highest BCUT2D eigenvalue weighted by atomic mass is 32.2. The minimum absolute atomic E-state index is 0.517. The number of nitrogens with one attached hydrogen (secondary N) is 2. The molecule has 15 aromatic carbocycles. The summed E-state index contributed by atoms with van der Waals surface area (Å²) in [6.07, 6.45) is 0. The molecule has 2 N–H and O–H groups in total. The quantitative estimate of drug-likeness (QED) is 0.0602. The molecular weight excluding hydrogens is 1620 g/mol. The molecule has 114 heavy (non-hydrogen) atoms. The van der Waals surface area contributed by atoms with Crippen LogP contribution in [0.3, 0.4) is 0 Å². The van der Waals surface area contributed by atoms with Gasteiger partial charge in [-0.25, -0.2) is 19.9 Å². The van der Waals surface area contributed by atoms with Gasteiger partial charge < -0.3 is 9.97 Å². The molecule has 1 aliphatic rings. The molecular formula is C96H62N6S12. The molecule has 6 nitrogen and oxygen atoms in total. The molecule has 18 heteroatoms. The number of nitrogens with zero attached hydrogens (tertiary/aromatic N) is 4. The molecule has 0 fully saturated rings. The highest BCUT2D eigenvalue weighted by Gasteiger charge is 2.37. The number of rotatable bonds is 24. The molecule has 3 aromatic heterocycles. The first-order valence-corrected chi connectivity index (χ1v) is 46.4. The Morgan fingerprint density at radius 1 is 0.140 bits per heavy atom. The minimum atomic E-state index is 0.517. The van der Waals surface area contributed by atoms with E-state index in [1.807, 2.05) is 0 Å². The number of hydrogen-bond donors (Lipinski definition) is 2. The minimum Gasteiger partial charge on any atom is -0.324 e. The summed E-state index contributed by atoms with van der Waals surface area (Å²) in [4.78, 5) is 59.1. The Morgan fingerprint density at radius 2 is 0.281 bits per heavy atom. The molecule has 0 saturated carbocycles. The Morgan fingerprint density at radius 3 is 0.456 bits per heavy atom. The van der Waals surface area contributed by atoms with Crippen molar-refractivity contribution in [3.05, 3.63) is 364 Å². The summed E-state index contributed by atoms with van der Waals surface area (Å²) >= 11 is 21.3. The lowest BCUT2D eigenvalue weighted by Gasteiger charge is -2.22. The first-order valence-electron chi connectivity index (χ1n) is 36.6. The fourth-order valence-electron chi connectivity index (χ4n) is 13.2. The van der Waals surface area contributed by atoms with Gasteiger partial charge in [0, 0.05) is 150 Å². The summed E-state index contributed by atoms with van der Waals surface area (Å²) in [6, 6.07) is 130. The molecule has 18 aromatic rings. The van der Waals surface area contributed by atoms with Crippen LogP contribution in [0.15, 0.2) is 481 Å². The van der Waals surface area contributed by atoms with Crippen LogP contribution in [0.1, 0.15) is 0 Å². The van der Waals surface area contributed by atoms with Gasteiger partial charge in [0.2, 0.25) is 0 Å². The van der Waals surface area contributed by atoms with Gasteiger partial charge in [-0.05, 0) is 146 Å². The molecule has 0 atom stereocenters. The summed E-state index contributed by atoms with van der Waals surface area (Å²) in [5, 5.41) is 3.66.